The molecule has 10 nitrogen and oxygen atoms in total. The van der Waals surface area contributed by atoms with Gasteiger partial charge in [-0.15, -0.1) is 0 Å². The summed E-state index contributed by atoms with van der Waals surface area (Å²) in [5.74, 6) is 7.82. The fourth-order valence-electron chi connectivity index (χ4n) is 4.69. The summed E-state index contributed by atoms with van der Waals surface area (Å²) in [7, 11) is 0. The number of thiophene rings is 1. The lowest BCUT2D eigenvalue weighted by atomic mass is 10.1. The number of furan rings is 1. The lowest BCUT2D eigenvalue weighted by Gasteiger charge is -2.01. The highest BCUT2D eigenvalue weighted by molar-refractivity contribution is 8.14. The molecule has 0 aliphatic carbocycles. The van der Waals surface area contributed by atoms with Crippen LogP contribution in [0.25, 0.3) is 0 Å². The van der Waals surface area contributed by atoms with E-state index >= 15 is 0 Å². The zero-order chi connectivity index (χ0) is 49.2. The van der Waals surface area contributed by atoms with E-state index in [1.165, 1.54) is 58.8 Å². The van der Waals surface area contributed by atoms with Crippen LogP contribution < -0.4 is 5.73 Å². The van der Waals surface area contributed by atoms with Crippen LogP contribution in [-0.4, -0.2) is 92.5 Å². The molecule has 0 spiro atoms. The Morgan fingerprint density at radius 3 is 1.46 bits per heavy atom. The number of thioether (sulfide) groups is 5. The molecule has 0 aliphatic rings. The summed E-state index contributed by atoms with van der Waals surface area (Å²) in [6.45, 7) is 2.13. The number of nitrogens with two attached hydrogens (primary N) is 1. The predicted molar refractivity (Wildman–Crippen MR) is 308 cm³/mol. The van der Waals surface area contributed by atoms with Gasteiger partial charge in [-0.3, -0.25) is 29.1 Å². The molecule has 0 aliphatic heterocycles. The van der Waals surface area contributed by atoms with E-state index in [0.717, 1.165) is 124 Å². The number of carbonyl (C=O) groups excluding carboxylic acids is 5. The molecule has 0 amide bonds. The van der Waals surface area contributed by atoms with E-state index < -0.39 is 0 Å². The van der Waals surface area contributed by atoms with Gasteiger partial charge in [-0.2, -0.15) is 67.0 Å². The lowest BCUT2D eigenvalue weighted by Crippen LogP contribution is -1.99. The van der Waals surface area contributed by atoms with Gasteiger partial charge in [0.25, 0.3) is 0 Å². The molecule has 0 radical (unpaired) electrons. The van der Waals surface area contributed by atoms with Crippen molar-refractivity contribution in [2.24, 2.45) is 0 Å². The number of nitrogens with zero attached hydrogens (tertiary/aromatic N) is 1. The fourth-order valence-corrected chi connectivity index (χ4v) is 10.9. The van der Waals surface area contributed by atoms with Crippen molar-refractivity contribution in [1.29, 1.82) is 0 Å². The highest BCUT2D eigenvalue weighted by Gasteiger charge is 2.08. The van der Waals surface area contributed by atoms with Crippen LogP contribution in [0.1, 0.15) is 73.3 Å². The Labute approximate surface area is 445 Å². The van der Waals surface area contributed by atoms with Crippen molar-refractivity contribution >= 4 is 152 Å². The van der Waals surface area contributed by atoms with Crippen molar-refractivity contribution < 1.29 is 28.4 Å². The summed E-state index contributed by atoms with van der Waals surface area (Å²) < 4.78 is 4.87. The van der Waals surface area contributed by atoms with Gasteiger partial charge in [-0.05, 0) is 124 Å². The molecule has 20 heteroatoms. The minimum absolute atomic E-state index is 0.197. The molecular weight excluding hydrogens is 1040 g/mol. The average Bonchev–Trinajstić information content (AvgIpc) is 4.18. The van der Waals surface area contributed by atoms with Crippen LogP contribution >= 0.6 is 121 Å². The number of hydrogen-bond acceptors (Lipinski definition) is 18. The highest BCUT2D eigenvalue weighted by Crippen LogP contribution is 2.15. The van der Waals surface area contributed by atoms with Gasteiger partial charge in [-0.25, -0.2) is 0 Å². The maximum Gasteiger partial charge on any atom is 0.193 e. The number of anilines is 1. The number of rotatable bonds is 25. The van der Waals surface area contributed by atoms with Crippen molar-refractivity contribution in [3.63, 3.8) is 0 Å². The Morgan fingerprint density at radius 1 is 0.582 bits per heavy atom. The monoisotopic (exact) mass is 1100 g/mol. The van der Waals surface area contributed by atoms with Gasteiger partial charge in [0.15, 0.2) is 25.6 Å². The van der Waals surface area contributed by atoms with E-state index in [2.05, 4.69) is 72.6 Å². The fraction of sp³-hybridized carbons (Fsp3) is 0.447. The number of H-pyrrole nitrogens is 2. The Kier molecular flexibility index (Phi) is 41.3. The molecule has 0 saturated heterocycles. The van der Waals surface area contributed by atoms with Gasteiger partial charge in [0.1, 0.15) is 0 Å². The quantitative estimate of drug-likeness (QED) is 0.0168. The number of hydrogen-bond donors (Lipinski definition) is 7. The van der Waals surface area contributed by atoms with Gasteiger partial charge in [0, 0.05) is 85.1 Å². The van der Waals surface area contributed by atoms with Gasteiger partial charge in [0.2, 0.25) is 0 Å². The maximum atomic E-state index is 11.5. The van der Waals surface area contributed by atoms with Crippen molar-refractivity contribution in [2.45, 2.75) is 77.6 Å². The smallest absolute Gasteiger partial charge is 0.193 e. The highest BCUT2D eigenvalue weighted by atomic mass is 32.2. The van der Waals surface area contributed by atoms with Crippen LogP contribution in [0.3, 0.4) is 0 Å². The van der Waals surface area contributed by atoms with Gasteiger partial charge < -0.3 is 15.1 Å². The van der Waals surface area contributed by atoms with Crippen LogP contribution in [0.15, 0.2) is 95.0 Å². The molecular formula is C47H66N4O6S10. The third-order valence-corrected chi connectivity index (χ3v) is 14.9. The van der Waals surface area contributed by atoms with E-state index in [1.807, 2.05) is 65.6 Å². The minimum Gasteiger partial charge on any atom is -0.472 e. The number of benzene rings is 1. The number of carbonyl (C=O) groups is 5. The molecule has 4 N–H and O–H groups in total. The number of unbranched alkanes of at least 4 members (excludes halogenated alkanes) is 1. The molecule has 5 aromatic rings. The molecule has 4 heterocycles. The zero-order valence-corrected chi connectivity index (χ0v) is 46.5. The molecule has 1 aromatic carbocycles. The summed E-state index contributed by atoms with van der Waals surface area (Å²) in [4.78, 5) is 59.6. The van der Waals surface area contributed by atoms with Crippen LogP contribution in [0.5, 0.6) is 0 Å². The SMILES string of the molecule is CCCCSC(=O)Cc1cn[nH]c1.Nc1ccc(CC(=O)SCCCS)cc1.O=C(Cc1cc[nH]c1)SCCCS.O=C(Cc1ccoc1)SCCCS.O=C(Cc1ccsc1)SCCCS. The summed E-state index contributed by atoms with van der Waals surface area (Å²) in [5, 5.41) is 11.6. The first kappa shape index (κ1) is 63.0. The van der Waals surface area contributed by atoms with Crippen LogP contribution in [-0.2, 0) is 56.1 Å². The van der Waals surface area contributed by atoms with E-state index in [4.69, 9.17) is 10.2 Å². The van der Waals surface area contributed by atoms with Crippen molar-refractivity contribution in [1.82, 2.24) is 15.2 Å². The van der Waals surface area contributed by atoms with E-state index in [-0.39, 0.29) is 25.6 Å². The third-order valence-electron chi connectivity index (χ3n) is 8.12. The molecule has 0 unspecified atom stereocenters. The summed E-state index contributed by atoms with van der Waals surface area (Å²) in [5.41, 5.74) is 11.4. The number of nitrogen functional groups attached to an aromatic ring is 1. The Hall–Kier alpha value is -2.01. The molecule has 67 heavy (non-hydrogen) atoms. The van der Waals surface area contributed by atoms with Crippen LogP contribution in [0.2, 0.25) is 0 Å². The Bertz CT molecular complexity index is 1730. The van der Waals surface area contributed by atoms with Gasteiger partial charge in [-0.1, -0.05) is 84.3 Å². The molecule has 370 valence electrons. The van der Waals surface area contributed by atoms with Gasteiger partial charge >= 0.3 is 0 Å². The first-order chi connectivity index (χ1) is 32.5. The first-order valence-corrected chi connectivity index (χ1v) is 30.1. The Morgan fingerprint density at radius 2 is 1.06 bits per heavy atom. The standard InChI is InChI=1S/C11H15NOS2.C9H14N2OS.C9H13NOS2.C9H12O2S2.C9H12OS3/c12-10-4-2-9(3-5-10)8-11(13)15-7-1-6-14;1-2-3-4-13-9(12)5-8-6-10-11-7-8;11-9(13-5-1-4-12)6-8-2-3-10-7-8;10-9(13-5-1-4-12)6-8-2-3-11-7-8;10-9(13-4-1-3-11)6-8-2-5-12-7-8/h2-5,14H,1,6-8,12H2;6-7H,2-5H2,1H3,(H,10,11);2-3,7,10,12H,1,4-6H2;2-3,7,12H,1,4-6H2;2,5,7,11H,1,3-4,6H2. The van der Waals surface area contributed by atoms with Crippen molar-refractivity contribution in [3.8, 4) is 0 Å². The topological polar surface area (TPSA) is 169 Å². The second-order valence-corrected chi connectivity index (χ2v) is 22.3. The zero-order valence-electron chi connectivity index (χ0n) is 38.0. The second-order valence-electron chi connectivity index (χ2n) is 14.0. The van der Waals surface area contributed by atoms with E-state index in [0.29, 0.717) is 32.1 Å². The summed E-state index contributed by atoms with van der Waals surface area (Å²) in [6.07, 6.45) is 19.1. The third kappa shape index (κ3) is 37.5. The molecule has 4 aromatic heterocycles. The van der Waals surface area contributed by atoms with Crippen molar-refractivity contribution in [2.75, 3.05) is 57.5 Å². The largest absolute Gasteiger partial charge is 0.472 e. The molecule has 0 bridgehead atoms. The summed E-state index contributed by atoms with van der Waals surface area (Å²) >= 11 is 25.0. The maximum absolute atomic E-state index is 11.5. The lowest BCUT2D eigenvalue weighted by molar-refractivity contribution is -0.111. The van der Waals surface area contributed by atoms with Crippen LogP contribution in [0, 0.1) is 0 Å². The predicted octanol–water partition coefficient (Wildman–Crippen LogP) is 11.8. The number of thiol groups is 4. The molecule has 0 fully saturated rings. The minimum atomic E-state index is 0.197. The molecule has 0 saturated carbocycles. The average molecular weight is 1100 g/mol. The summed E-state index contributed by atoms with van der Waals surface area (Å²) in [6, 6.07) is 13.2. The Balaban J connectivity index is 0.000000419. The van der Waals surface area contributed by atoms with Crippen LogP contribution in [0.4, 0.5) is 5.69 Å². The number of aromatic amines is 2. The molecule has 5 rings (SSSR count). The van der Waals surface area contributed by atoms with Gasteiger partial charge in [0.05, 0.1) is 18.7 Å². The van der Waals surface area contributed by atoms with E-state index in [9.17, 15) is 24.0 Å². The normalized spacial score (nSPS) is 10.2. The number of nitrogens with one attached hydrogen (secondary N) is 2. The first-order valence-electron chi connectivity index (χ1n) is 21.7. The number of aromatic nitrogens is 3. The molecule has 0 atom stereocenters. The van der Waals surface area contributed by atoms with Crippen molar-refractivity contribution in [3.05, 3.63) is 118 Å². The second kappa shape index (κ2) is 44.0. The van der Waals surface area contributed by atoms with E-state index in [1.54, 1.807) is 36.3 Å².